The molecule has 0 saturated heterocycles. The Labute approximate surface area is 197 Å². The highest BCUT2D eigenvalue weighted by molar-refractivity contribution is 5.75. The van der Waals surface area contributed by atoms with E-state index in [1.54, 1.807) is 5.57 Å². The SMILES string of the molecule is CC(C)C1CCC2C1(C)CCC1(C)C3CCC4C(C)(C(=O)O)CCCC4(C)C3=CCC21C. The van der Waals surface area contributed by atoms with Gasteiger partial charge in [0.15, 0.2) is 0 Å². The number of rotatable bonds is 2. The molecule has 5 rings (SSSR count). The van der Waals surface area contributed by atoms with Crippen LogP contribution in [0, 0.1) is 56.7 Å². The van der Waals surface area contributed by atoms with Crippen molar-refractivity contribution in [2.24, 2.45) is 56.7 Å². The normalized spacial score (nSPS) is 54.8. The first-order valence-corrected chi connectivity index (χ1v) is 13.8. The van der Waals surface area contributed by atoms with E-state index < -0.39 is 11.4 Å². The van der Waals surface area contributed by atoms with Crippen molar-refractivity contribution in [3.63, 3.8) is 0 Å². The summed E-state index contributed by atoms with van der Waals surface area (Å²) in [4.78, 5) is 12.4. The monoisotopic (exact) mass is 440 g/mol. The molecule has 0 spiro atoms. The molecule has 1 N–H and O–H groups in total. The standard InChI is InChI=1S/C30H48O2/c1-19(2)20-9-12-24-27(20,4)17-18-29(6)22-10-11-23-26(3,21(22)13-16-30(24,29)7)14-8-15-28(23,5)25(31)32/h13,19-20,22-24H,8-12,14-18H2,1-7H3,(H,31,32). The third-order valence-electron chi connectivity index (χ3n) is 13.2. The number of fused-ring (bicyclic) bond motifs is 7. The lowest BCUT2D eigenvalue weighted by molar-refractivity contribution is -0.171. The Kier molecular flexibility index (Phi) is 4.94. The van der Waals surface area contributed by atoms with E-state index in [2.05, 4.69) is 54.5 Å². The summed E-state index contributed by atoms with van der Waals surface area (Å²) >= 11 is 0. The predicted molar refractivity (Wildman–Crippen MR) is 131 cm³/mol. The summed E-state index contributed by atoms with van der Waals surface area (Å²) in [7, 11) is 0. The van der Waals surface area contributed by atoms with Crippen LogP contribution in [0.4, 0.5) is 0 Å². The predicted octanol–water partition coefficient (Wildman–Crippen LogP) is 8.12. The van der Waals surface area contributed by atoms with Gasteiger partial charge in [-0.15, -0.1) is 0 Å². The molecule has 0 aromatic heterocycles. The number of hydrogen-bond acceptors (Lipinski definition) is 1. The van der Waals surface area contributed by atoms with Gasteiger partial charge < -0.3 is 5.11 Å². The van der Waals surface area contributed by atoms with Crippen molar-refractivity contribution < 1.29 is 9.90 Å². The van der Waals surface area contributed by atoms with Gasteiger partial charge in [0, 0.05) is 0 Å². The molecule has 0 radical (unpaired) electrons. The Hall–Kier alpha value is -0.790. The average molecular weight is 441 g/mol. The first-order chi connectivity index (χ1) is 14.8. The molecule has 5 aliphatic rings. The Morgan fingerprint density at radius 3 is 2.25 bits per heavy atom. The van der Waals surface area contributed by atoms with E-state index in [0.29, 0.717) is 28.1 Å². The Bertz CT molecular complexity index is 842. The fraction of sp³-hybridized carbons (Fsp3) is 0.900. The van der Waals surface area contributed by atoms with E-state index in [1.165, 1.54) is 44.9 Å². The summed E-state index contributed by atoms with van der Waals surface area (Å²) in [5.41, 5.74) is 2.45. The molecule has 180 valence electrons. The summed E-state index contributed by atoms with van der Waals surface area (Å²) in [6.07, 6.45) is 14.9. The molecule has 0 aromatic carbocycles. The summed E-state index contributed by atoms with van der Waals surface area (Å²) < 4.78 is 0. The van der Waals surface area contributed by atoms with Crippen molar-refractivity contribution in [1.82, 2.24) is 0 Å². The van der Waals surface area contributed by atoms with E-state index in [9.17, 15) is 9.90 Å². The van der Waals surface area contributed by atoms with Gasteiger partial charge in [-0.05, 0) is 116 Å². The molecule has 9 unspecified atom stereocenters. The van der Waals surface area contributed by atoms with Crippen LogP contribution in [0.1, 0.15) is 113 Å². The summed E-state index contributed by atoms with van der Waals surface area (Å²) in [6.45, 7) is 17.4. The largest absolute Gasteiger partial charge is 0.481 e. The highest BCUT2D eigenvalue weighted by Crippen LogP contribution is 2.76. The molecule has 5 aliphatic carbocycles. The molecule has 0 amide bonds. The van der Waals surface area contributed by atoms with Crippen molar-refractivity contribution >= 4 is 5.97 Å². The molecule has 0 heterocycles. The number of aliphatic carboxylic acids is 1. The second kappa shape index (κ2) is 6.88. The van der Waals surface area contributed by atoms with Gasteiger partial charge in [0.05, 0.1) is 5.41 Å². The molecule has 32 heavy (non-hydrogen) atoms. The lowest BCUT2D eigenvalue weighted by atomic mass is 9.36. The fourth-order valence-electron chi connectivity index (χ4n) is 11.3. The van der Waals surface area contributed by atoms with Gasteiger partial charge in [0.2, 0.25) is 0 Å². The van der Waals surface area contributed by atoms with Crippen LogP contribution in [0.5, 0.6) is 0 Å². The smallest absolute Gasteiger partial charge is 0.309 e. The van der Waals surface area contributed by atoms with Gasteiger partial charge in [0.1, 0.15) is 0 Å². The zero-order valence-corrected chi connectivity index (χ0v) is 21.9. The van der Waals surface area contributed by atoms with Gasteiger partial charge in [0.25, 0.3) is 0 Å². The molecule has 0 aliphatic heterocycles. The van der Waals surface area contributed by atoms with Gasteiger partial charge in [-0.1, -0.05) is 59.6 Å². The maximum Gasteiger partial charge on any atom is 0.309 e. The van der Waals surface area contributed by atoms with Gasteiger partial charge in [-0.2, -0.15) is 0 Å². The maximum atomic E-state index is 12.4. The molecule has 2 nitrogen and oxygen atoms in total. The van der Waals surface area contributed by atoms with Crippen molar-refractivity contribution in [2.75, 3.05) is 0 Å². The minimum atomic E-state index is -0.557. The van der Waals surface area contributed by atoms with Crippen molar-refractivity contribution in [1.29, 1.82) is 0 Å². The summed E-state index contributed by atoms with van der Waals surface area (Å²) in [6, 6.07) is 0. The second-order valence-corrected chi connectivity index (χ2v) is 14.4. The Morgan fingerprint density at radius 2 is 1.59 bits per heavy atom. The number of hydrogen-bond donors (Lipinski definition) is 1. The molecule has 4 saturated carbocycles. The van der Waals surface area contributed by atoms with Crippen molar-refractivity contribution in [3.8, 4) is 0 Å². The van der Waals surface area contributed by atoms with Crippen molar-refractivity contribution in [2.45, 2.75) is 113 Å². The van der Waals surface area contributed by atoms with Crippen LogP contribution in [0.3, 0.4) is 0 Å². The zero-order chi connectivity index (χ0) is 23.3. The highest BCUT2D eigenvalue weighted by Gasteiger charge is 2.68. The number of allylic oxidation sites excluding steroid dienone is 2. The lowest BCUT2D eigenvalue weighted by Crippen LogP contribution is -2.61. The lowest BCUT2D eigenvalue weighted by Gasteiger charge is -2.68. The second-order valence-electron chi connectivity index (χ2n) is 14.4. The van der Waals surface area contributed by atoms with Crippen LogP contribution in [0.25, 0.3) is 0 Å². The van der Waals surface area contributed by atoms with Crippen molar-refractivity contribution in [3.05, 3.63) is 11.6 Å². The molecular weight excluding hydrogens is 392 g/mol. The molecule has 0 aromatic rings. The average Bonchev–Trinajstić information content (AvgIpc) is 3.07. The van der Waals surface area contributed by atoms with Crippen LogP contribution in [0.2, 0.25) is 0 Å². The Morgan fingerprint density at radius 1 is 0.906 bits per heavy atom. The van der Waals surface area contributed by atoms with E-state index in [0.717, 1.165) is 37.0 Å². The molecule has 0 bridgehead atoms. The van der Waals surface area contributed by atoms with Gasteiger partial charge >= 0.3 is 5.97 Å². The van der Waals surface area contributed by atoms with E-state index in [-0.39, 0.29) is 5.41 Å². The number of carbonyl (C=O) groups is 1. The van der Waals surface area contributed by atoms with Crippen LogP contribution in [-0.4, -0.2) is 11.1 Å². The van der Waals surface area contributed by atoms with Crippen LogP contribution in [0.15, 0.2) is 11.6 Å². The third kappa shape index (κ3) is 2.56. The quantitative estimate of drug-likeness (QED) is 0.440. The first-order valence-electron chi connectivity index (χ1n) is 13.8. The van der Waals surface area contributed by atoms with E-state index >= 15 is 0 Å². The van der Waals surface area contributed by atoms with Crippen LogP contribution < -0.4 is 0 Å². The molecule has 9 atom stereocenters. The molecule has 4 fully saturated rings. The van der Waals surface area contributed by atoms with Gasteiger partial charge in [-0.3, -0.25) is 4.79 Å². The van der Waals surface area contributed by atoms with E-state index in [4.69, 9.17) is 0 Å². The summed E-state index contributed by atoms with van der Waals surface area (Å²) in [5, 5.41) is 10.2. The van der Waals surface area contributed by atoms with E-state index in [1.807, 2.05) is 0 Å². The number of carboxylic acid groups (broad SMARTS) is 1. The topological polar surface area (TPSA) is 37.3 Å². The molecular formula is C30H48O2. The summed E-state index contributed by atoms with van der Waals surface area (Å²) in [5.74, 6) is 2.89. The zero-order valence-electron chi connectivity index (χ0n) is 21.9. The fourth-order valence-corrected chi connectivity index (χ4v) is 11.3. The maximum absolute atomic E-state index is 12.4. The van der Waals surface area contributed by atoms with Crippen LogP contribution in [-0.2, 0) is 4.79 Å². The minimum absolute atomic E-state index is 0.0789. The van der Waals surface area contributed by atoms with Crippen LogP contribution >= 0.6 is 0 Å². The Balaban J connectivity index is 1.56. The first kappa shape index (κ1) is 23.0. The third-order valence-corrected chi connectivity index (χ3v) is 13.2. The van der Waals surface area contributed by atoms with Gasteiger partial charge in [-0.25, -0.2) is 0 Å². The highest BCUT2D eigenvalue weighted by atomic mass is 16.4. The molecule has 2 heteroatoms. The number of carboxylic acids is 1. The minimum Gasteiger partial charge on any atom is -0.481 e.